The van der Waals surface area contributed by atoms with Crippen LogP contribution in [0.15, 0.2) is 29.4 Å². The lowest BCUT2D eigenvalue weighted by Gasteiger charge is -2.31. The second-order valence-electron chi connectivity index (χ2n) is 8.97. The van der Waals surface area contributed by atoms with Gasteiger partial charge in [0.05, 0.1) is 25.7 Å². The molecule has 1 aromatic carbocycles. The number of morpholine rings is 1. The van der Waals surface area contributed by atoms with Gasteiger partial charge in [0.15, 0.2) is 5.16 Å². The third-order valence-electron chi connectivity index (χ3n) is 6.55. The first-order valence-corrected chi connectivity index (χ1v) is 13.3. The standard InChI is InChI=1S/C26H34N4O4S/c1-4-34-25(32)22-6-5-11-30(16-22)24(31)21-9-7-20(8-10-21)17-35-26-27-19(3)18(2)23(28-26)29-12-14-33-15-13-29/h7-10,22H,4-6,11-17H2,1-3H3/t22-/m1/s1. The molecule has 1 amide bonds. The van der Waals surface area contributed by atoms with E-state index in [1.807, 2.05) is 31.2 Å². The highest BCUT2D eigenvalue weighted by molar-refractivity contribution is 7.98. The van der Waals surface area contributed by atoms with Gasteiger partial charge in [-0.1, -0.05) is 23.9 Å². The van der Waals surface area contributed by atoms with Gasteiger partial charge in [0.25, 0.3) is 5.91 Å². The summed E-state index contributed by atoms with van der Waals surface area (Å²) in [7, 11) is 0. The highest BCUT2D eigenvalue weighted by Gasteiger charge is 2.29. The molecule has 0 aliphatic carbocycles. The number of carbonyl (C=O) groups excluding carboxylic acids is 2. The van der Waals surface area contributed by atoms with E-state index in [2.05, 4.69) is 16.8 Å². The predicted octanol–water partition coefficient (Wildman–Crippen LogP) is 3.64. The quantitative estimate of drug-likeness (QED) is 0.325. The number of anilines is 1. The Hall–Kier alpha value is -2.65. The van der Waals surface area contributed by atoms with E-state index < -0.39 is 0 Å². The van der Waals surface area contributed by atoms with Gasteiger partial charge in [-0.2, -0.15) is 0 Å². The Kier molecular flexibility index (Phi) is 8.62. The van der Waals surface area contributed by atoms with Gasteiger partial charge in [0, 0.05) is 48.8 Å². The number of benzene rings is 1. The van der Waals surface area contributed by atoms with Crippen LogP contribution in [0.4, 0.5) is 5.82 Å². The van der Waals surface area contributed by atoms with Gasteiger partial charge in [-0.25, -0.2) is 9.97 Å². The molecule has 35 heavy (non-hydrogen) atoms. The Morgan fingerprint density at radius 2 is 1.86 bits per heavy atom. The summed E-state index contributed by atoms with van der Waals surface area (Å²) in [6.45, 7) is 10.5. The number of amides is 1. The van der Waals surface area contributed by atoms with Crippen molar-refractivity contribution in [2.45, 2.75) is 44.5 Å². The molecule has 2 aliphatic rings. The van der Waals surface area contributed by atoms with Gasteiger partial charge in [-0.05, 0) is 51.3 Å². The number of ether oxygens (including phenoxy) is 2. The summed E-state index contributed by atoms with van der Waals surface area (Å²) in [5.74, 6) is 1.23. The zero-order valence-corrected chi connectivity index (χ0v) is 21.6. The molecule has 0 unspecified atom stereocenters. The van der Waals surface area contributed by atoms with Gasteiger partial charge in [-0.3, -0.25) is 9.59 Å². The van der Waals surface area contributed by atoms with Crippen LogP contribution in [0.3, 0.4) is 0 Å². The van der Waals surface area contributed by atoms with Gasteiger partial charge < -0.3 is 19.3 Å². The minimum Gasteiger partial charge on any atom is -0.466 e. The summed E-state index contributed by atoms with van der Waals surface area (Å²) in [6, 6.07) is 7.70. The molecule has 4 rings (SSSR count). The Labute approximate surface area is 211 Å². The molecular formula is C26H34N4O4S. The number of rotatable bonds is 7. The maximum absolute atomic E-state index is 13.0. The fourth-order valence-corrected chi connectivity index (χ4v) is 5.26. The van der Waals surface area contributed by atoms with Crippen molar-refractivity contribution in [3.05, 3.63) is 46.6 Å². The molecule has 9 heteroatoms. The summed E-state index contributed by atoms with van der Waals surface area (Å²) in [6.07, 6.45) is 1.58. The number of likely N-dealkylation sites (tertiary alicyclic amines) is 1. The molecule has 2 aliphatic heterocycles. The average Bonchev–Trinajstić information content (AvgIpc) is 2.90. The highest BCUT2D eigenvalue weighted by atomic mass is 32.2. The van der Waals surface area contributed by atoms with Crippen molar-refractivity contribution < 1.29 is 19.1 Å². The normalized spacial score (nSPS) is 18.4. The van der Waals surface area contributed by atoms with Gasteiger partial charge in [-0.15, -0.1) is 0 Å². The van der Waals surface area contributed by atoms with Gasteiger partial charge >= 0.3 is 5.97 Å². The van der Waals surface area contributed by atoms with Crippen LogP contribution in [-0.4, -0.2) is 72.7 Å². The minimum absolute atomic E-state index is 0.0363. The number of hydrogen-bond donors (Lipinski definition) is 0. The molecule has 0 radical (unpaired) electrons. The lowest BCUT2D eigenvalue weighted by Crippen LogP contribution is -2.42. The number of hydrogen-bond acceptors (Lipinski definition) is 8. The van der Waals surface area contributed by atoms with E-state index in [1.165, 1.54) is 0 Å². The number of piperidine rings is 1. The molecule has 3 heterocycles. The number of thioether (sulfide) groups is 1. The zero-order valence-electron chi connectivity index (χ0n) is 20.8. The van der Waals surface area contributed by atoms with E-state index in [0.717, 1.165) is 66.9 Å². The predicted molar refractivity (Wildman–Crippen MR) is 136 cm³/mol. The molecule has 0 N–H and O–H groups in total. The lowest BCUT2D eigenvalue weighted by molar-refractivity contribution is -0.149. The summed E-state index contributed by atoms with van der Waals surface area (Å²) in [5, 5.41) is 0.757. The molecule has 8 nitrogen and oxygen atoms in total. The molecule has 1 aromatic heterocycles. The fraction of sp³-hybridized carbons (Fsp3) is 0.538. The van der Waals surface area contributed by atoms with Crippen LogP contribution in [0, 0.1) is 19.8 Å². The molecule has 2 fully saturated rings. The Morgan fingerprint density at radius 3 is 2.57 bits per heavy atom. The molecule has 0 bridgehead atoms. The van der Waals surface area contributed by atoms with Crippen molar-refractivity contribution in [2.24, 2.45) is 5.92 Å². The summed E-state index contributed by atoms with van der Waals surface area (Å²) in [4.78, 5) is 38.7. The Balaban J connectivity index is 1.37. The second-order valence-corrected chi connectivity index (χ2v) is 9.91. The first kappa shape index (κ1) is 25.4. The van der Waals surface area contributed by atoms with E-state index in [4.69, 9.17) is 14.5 Å². The van der Waals surface area contributed by atoms with Crippen LogP contribution in [0.1, 0.15) is 46.9 Å². The van der Waals surface area contributed by atoms with Crippen LogP contribution in [0.2, 0.25) is 0 Å². The first-order chi connectivity index (χ1) is 17.0. The number of aromatic nitrogens is 2. The van der Waals surface area contributed by atoms with E-state index in [1.54, 1.807) is 23.6 Å². The number of carbonyl (C=O) groups is 2. The monoisotopic (exact) mass is 498 g/mol. The largest absolute Gasteiger partial charge is 0.466 e. The summed E-state index contributed by atoms with van der Waals surface area (Å²) in [5.41, 5.74) is 3.85. The van der Waals surface area contributed by atoms with E-state index in [-0.39, 0.29) is 17.8 Å². The van der Waals surface area contributed by atoms with E-state index >= 15 is 0 Å². The van der Waals surface area contributed by atoms with Crippen LogP contribution in [-0.2, 0) is 20.0 Å². The van der Waals surface area contributed by atoms with Gasteiger partial charge in [0.1, 0.15) is 5.82 Å². The van der Waals surface area contributed by atoms with Crippen molar-refractivity contribution in [2.75, 3.05) is 50.9 Å². The molecule has 0 saturated carbocycles. The number of aryl methyl sites for hydroxylation is 1. The van der Waals surface area contributed by atoms with Crippen molar-refractivity contribution in [3.8, 4) is 0 Å². The summed E-state index contributed by atoms with van der Waals surface area (Å²) < 4.78 is 10.6. The van der Waals surface area contributed by atoms with E-state index in [0.29, 0.717) is 31.0 Å². The SMILES string of the molecule is CCOC(=O)[C@@H]1CCCN(C(=O)c2ccc(CSc3nc(C)c(C)c(N4CCOCC4)n3)cc2)C1. The molecule has 2 saturated heterocycles. The Bertz CT molecular complexity index is 1040. The second kappa shape index (κ2) is 11.9. The first-order valence-electron chi connectivity index (χ1n) is 12.3. The lowest BCUT2D eigenvalue weighted by atomic mass is 9.97. The minimum atomic E-state index is -0.233. The topological polar surface area (TPSA) is 84.9 Å². The van der Waals surface area contributed by atoms with Gasteiger partial charge in [0.2, 0.25) is 0 Å². The molecule has 0 spiro atoms. The third-order valence-corrected chi connectivity index (χ3v) is 7.47. The average molecular weight is 499 g/mol. The zero-order chi connectivity index (χ0) is 24.8. The number of esters is 1. The molecule has 2 aromatic rings. The van der Waals surface area contributed by atoms with Crippen LogP contribution >= 0.6 is 11.8 Å². The maximum Gasteiger partial charge on any atom is 0.310 e. The van der Waals surface area contributed by atoms with Crippen molar-refractivity contribution in [1.29, 1.82) is 0 Å². The molecule has 188 valence electrons. The summed E-state index contributed by atoms with van der Waals surface area (Å²) >= 11 is 1.60. The third kappa shape index (κ3) is 6.32. The smallest absolute Gasteiger partial charge is 0.310 e. The molecule has 1 atom stereocenters. The highest BCUT2D eigenvalue weighted by Crippen LogP contribution is 2.27. The van der Waals surface area contributed by atoms with Crippen LogP contribution in [0.25, 0.3) is 0 Å². The fourth-order valence-electron chi connectivity index (χ4n) is 4.42. The van der Waals surface area contributed by atoms with Crippen molar-refractivity contribution in [3.63, 3.8) is 0 Å². The van der Waals surface area contributed by atoms with Crippen LogP contribution in [0.5, 0.6) is 0 Å². The number of nitrogens with zero attached hydrogens (tertiary/aromatic N) is 4. The maximum atomic E-state index is 13.0. The van der Waals surface area contributed by atoms with E-state index in [9.17, 15) is 9.59 Å². The molecular weight excluding hydrogens is 464 g/mol. The Morgan fingerprint density at radius 1 is 1.11 bits per heavy atom. The van der Waals surface area contributed by atoms with Crippen molar-refractivity contribution >= 4 is 29.5 Å². The van der Waals surface area contributed by atoms with Crippen molar-refractivity contribution in [1.82, 2.24) is 14.9 Å². The van der Waals surface area contributed by atoms with Crippen LogP contribution < -0.4 is 4.90 Å².